The Kier molecular flexibility index (Phi) is 4.97. The molecule has 1 heterocycles. The molecule has 2 rings (SSSR count). The van der Waals surface area contributed by atoms with E-state index in [1.165, 1.54) is 6.07 Å². The van der Waals surface area contributed by atoms with Gasteiger partial charge in [-0.25, -0.2) is 13.8 Å². The summed E-state index contributed by atoms with van der Waals surface area (Å²) in [4.78, 5) is 4.34. The van der Waals surface area contributed by atoms with Gasteiger partial charge in [-0.3, -0.25) is 0 Å². The molecule has 0 aliphatic heterocycles. The van der Waals surface area contributed by atoms with Crippen molar-refractivity contribution < 1.29 is 8.78 Å². The fourth-order valence-electron chi connectivity index (χ4n) is 2.40. The van der Waals surface area contributed by atoms with Crippen molar-refractivity contribution in [1.82, 2.24) is 9.55 Å². The van der Waals surface area contributed by atoms with Crippen molar-refractivity contribution in [2.45, 2.75) is 51.5 Å². The van der Waals surface area contributed by atoms with Crippen molar-refractivity contribution in [3.05, 3.63) is 29.6 Å². The van der Waals surface area contributed by atoms with Crippen LogP contribution in [-0.4, -0.2) is 9.55 Å². The van der Waals surface area contributed by atoms with Gasteiger partial charge in [-0.05, 0) is 25.5 Å². The number of fused-ring (bicyclic) bond motifs is 1. The zero-order valence-electron chi connectivity index (χ0n) is 11.8. The molecular formula is C15H19ClF2N2. The molecule has 0 radical (unpaired) electrons. The van der Waals surface area contributed by atoms with Crippen LogP contribution in [0.2, 0.25) is 0 Å². The Hall–Kier alpha value is -1.16. The van der Waals surface area contributed by atoms with Gasteiger partial charge >= 0.3 is 0 Å². The number of hydrogen-bond donors (Lipinski definition) is 0. The van der Waals surface area contributed by atoms with Crippen molar-refractivity contribution in [2.75, 3.05) is 0 Å². The van der Waals surface area contributed by atoms with E-state index in [9.17, 15) is 8.78 Å². The van der Waals surface area contributed by atoms with Gasteiger partial charge in [0.05, 0.1) is 10.9 Å². The molecule has 0 N–H and O–H groups in total. The molecule has 0 amide bonds. The molecule has 1 atom stereocenters. The third-order valence-electron chi connectivity index (χ3n) is 3.42. The van der Waals surface area contributed by atoms with Gasteiger partial charge in [-0.1, -0.05) is 26.2 Å². The van der Waals surface area contributed by atoms with Crippen LogP contribution in [0.1, 0.15) is 50.7 Å². The van der Waals surface area contributed by atoms with E-state index in [4.69, 9.17) is 11.6 Å². The molecule has 0 bridgehead atoms. The van der Waals surface area contributed by atoms with Crippen molar-refractivity contribution in [3.63, 3.8) is 0 Å². The predicted molar refractivity (Wildman–Crippen MR) is 78.1 cm³/mol. The molecule has 1 aromatic heterocycles. The summed E-state index contributed by atoms with van der Waals surface area (Å²) < 4.78 is 29.2. The normalized spacial score (nSPS) is 13.1. The molecule has 1 aromatic carbocycles. The van der Waals surface area contributed by atoms with E-state index in [1.54, 1.807) is 11.5 Å². The van der Waals surface area contributed by atoms with Crippen LogP contribution in [0.3, 0.4) is 0 Å². The lowest BCUT2D eigenvalue weighted by Gasteiger charge is -2.10. The summed E-state index contributed by atoms with van der Waals surface area (Å²) in [7, 11) is 0. The van der Waals surface area contributed by atoms with Gasteiger partial charge in [0.25, 0.3) is 0 Å². The van der Waals surface area contributed by atoms with Crippen LogP contribution in [0.4, 0.5) is 8.78 Å². The van der Waals surface area contributed by atoms with Gasteiger partial charge in [0.15, 0.2) is 11.6 Å². The topological polar surface area (TPSA) is 17.8 Å². The van der Waals surface area contributed by atoms with Gasteiger partial charge < -0.3 is 4.57 Å². The Labute approximate surface area is 122 Å². The van der Waals surface area contributed by atoms with Crippen LogP contribution in [-0.2, 0) is 6.54 Å². The van der Waals surface area contributed by atoms with E-state index in [-0.39, 0.29) is 10.9 Å². The Morgan fingerprint density at radius 1 is 1.25 bits per heavy atom. The molecule has 0 saturated carbocycles. The van der Waals surface area contributed by atoms with E-state index in [2.05, 4.69) is 11.9 Å². The quantitative estimate of drug-likeness (QED) is 0.530. The molecule has 0 spiro atoms. The van der Waals surface area contributed by atoms with Crippen LogP contribution >= 0.6 is 11.6 Å². The number of nitrogens with zero attached hydrogens (tertiary/aromatic N) is 2. The maximum absolute atomic E-state index is 14.0. The number of alkyl halides is 1. The molecule has 20 heavy (non-hydrogen) atoms. The summed E-state index contributed by atoms with van der Waals surface area (Å²) in [6, 6.07) is 2.60. The van der Waals surface area contributed by atoms with E-state index >= 15 is 0 Å². The van der Waals surface area contributed by atoms with Crippen molar-refractivity contribution in [3.8, 4) is 0 Å². The molecule has 110 valence electrons. The Morgan fingerprint density at radius 2 is 2.00 bits per heavy atom. The van der Waals surface area contributed by atoms with Gasteiger partial charge in [0.2, 0.25) is 0 Å². The van der Waals surface area contributed by atoms with E-state index in [0.29, 0.717) is 17.9 Å². The standard InChI is InChI=1S/C15H19ClF2N2/c1-3-4-5-6-9-20-14-12(19-15(20)10(2)16)8-7-11(17)13(14)18/h7-8,10H,3-6,9H2,1-2H3. The molecule has 2 nitrogen and oxygen atoms in total. The van der Waals surface area contributed by atoms with Crippen LogP contribution in [0.15, 0.2) is 12.1 Å². The maximum Gasteiger partial charge on any atom is 0.184 e. The number of aryl methyl sites for hydroxylation is 1. The second-order valence-electron chi connectivity index (χ2n) is 5.03. The molecular weight excluding hydrogens is 282 g/mol. The van der Waals surface area contributed by atoms with Gasteiger partial charge in [0, 0.05) is 6.54 Å². The highest BCUT2D eigenvalue weighted by Crippen LogP contribution is 2.28. The number of rotatable bonds is 6. The average Bonchev–Trinajstić information content (AvgIpc) is 2.79. The molecule has 0 fully saturated rings. The lowest BCUT2D eigenvalue weighted by molar-refractivity contribution is 0.506. The molecule has 0 saturated heterocycles. The smallest absolute Gasteiger partial charge is 0.184 e. The van der Waals surface area contributed by atoms with Crippen LogP contribution in [0.25, 0.3) is 11.0 Å². The third kappa shape index (κ3) is 2.95. The summed E-state index contributed by atoms with van der Waals surface area (Å²) in [5, 5.41) is -0.337. The summed E-state index contributed by atoms with van der Waals surface area (Å²) in [5.74, 6) is -1.09. The number of unbranched alkanes of at least 4 members (excludes halogenated alkanes) is 3. The Balaban J connectivity index is 2.42. The zero-order valence-corrected chi connectivity index (χ0v) is 12.6. The van der Waals surface area contributed by atoms with Gasteiger partial charge in [-0.15, -0.1) is 11.6 Å². The van der Waals surface area contributed by atoms with Crippen molar-refractivity contribution >= 4 is 22.6 Å². The summed E-state index contributed by atoms with van der Waals surface area (Å²) in [6.07, 6.45) is 4.23. The first-order valence-corrected chi connectivity index (χ1v) is 7.48. The molecule has 1 unspecified atom stereocenters. The first kappa shape index (κ1) is 15.2. The van der Waals surface area contributed by atoms with Crippen LogP contribution < -0.4 is 0 Å². The first-order valence-electron chi connectivity index (χ1n) is 7.04. The summed E-state index contributed by atoms with van der Waals surface area (Å²) >= 11 is 6.11. The second kappa shape index (κ2) is 6.53. The summed E-state index contributed by atoms with van der Waals surface area (Å²) in [6.45, 7) is 4.54. The monoisotopic (exact) mass is 300 g/mol. The minimum atomic E-state index is -0.846. The van der Waals surface area contributed by atoms with Gasteiger partial charge in [-0.2, -0.15) is 0 Å². The minimum absolute atomic E-state index is 0.226. The predicted octanol–water partition coefficient (Wildman–Crippen LogP) is 5.19. The molecule has 2 aromatic rings. The van der Waals surface area contributed by atoms with Crippen molar-refractivity contribution in [2.24, 2.45) is 0 Å². The minimum Gasteiger partial charge on any atom is -0.324 e. The average molecular weight is 301 g/mol. The highest BCUT2D eigenvalue weighted by molar-refractivity contribution is 6.20. The SMILES string of the molecule is CCCCCCn1c(C(C)Cl)nc2ccc(F)c(F)c21. The van der Waals surface area contributed by atoms with Gasteiger partial charge in [0.1, 0.15) is 11.3 Å². The highest BCUT2D eigenvalue weighted by atomic mass is 35.5. The fourth-order valence-corrected chi connectivity index (χ4v) is 2.57. The fraction of sp³-hybridized carbons (Fsp3) is 0.533. The lowest BCUT2D eigenvalue weighted by atomic mass is 10.2. The lowest BCUT2D eigenvalue weighted by Crippen LogP contribution is -2.06. The zero-order chi connectivity index (χ0) is 14.7. The number of halogens is 3. The van der Waals surface area contributed by atoms with Crippen LogP contribution in [0, 0.1) is 11.6 Å². The molecule has 0 aliphatic rings. The Morgan fingerprint density at radius 3 is 2.65 bits per heavy atom. The number of aromatic nitrogens is 2. The molecule has 0 aliphatic carbocycles. The summed E-state index contributed by atoms with van der Waals surface area (Å²) in [5.41, 5.74) is 0.686. The number of benzene rings is 1. The van der Waals surface area contributed by atoms with E-state index in [1.807, 2.05) is 0 Å². The molecule has 5 heteroatoms. The Bertz CT molecular complexity index is 593. The van der Waals surface area contributed by atoms with E-state index < -0.39 is 11.6 Å². The van der Waals surface area contributed by atoms with Crippen LogP contribution in [0.5, 0.6) is 0 Å². The number of hydrogen-bond acceptors (Lipinski definition) is 1. The van der Waals surface area contributed by atoms with Crippen molar-refractivity contribution in [1.29, 1.82) is 0 Å². The largest absolute Gasteiger partial charge is 0.324 e. The number of imidazole rings is 1. The first-order chi connectivity index (χ1) is 9.56. The van der Waals surface area contributed by atoms with E-state index in [0.717, 1.165) is 31.7 Å². The highest BCUT2D eigenvalue weighted by Gasteiger charge is 2.19. The third-order valence-corrected chi connectivity index (χ3v) is 3.62. The maximum atomic E-state index is 14.0. The second-order valence-corrected chi connectivity index (χ2v) is 5.68.